The van der Waals surface area contributed by atoms with E-state index < -0.39 is 19.6 Å². The summed E-state index contributed by atoms with van der Waals surface area (Å²) in [6.45, 7) is -0.130. The van der Waals surface area contributed by atoms with Crippen molar-refractivity contribution in [3.8, 4) is 11.5 Å². The molecule has 0 aliphatic heterocycles. The van der Waals surface area contributed by atoms with Crippen molar-refractivity contribution < 1.29 is 19.1 Å². The van der Waals surface area contributed by atoms with Crippen LogP contribution in [0.4, 0.5) is 5.95 Å². The fourth-order valence-corrected chi connectivity index (χ4v) is 1.97. The first-order chi connectivity index (χ1) is 10.4. The molecule has 0 aromatic carbocycles. The number of rotatable bonds is 6. The summed E-state index contributed by atoms with van der Waals surface area (Å²) in [7, 11) is -4.24. The molecule has 0 unspecified atom stereocenters. The average Bonchev–Trinajstić information content (AvgIpc) is 2.45. The van der Waals surface area contributed by atoms with E-state index in [4.69, 9.17) is 20.3 Å². The molecule has 2 rings (SSSR count). The normalized spacial score (nSPS) is 11.0. The maximum absolute atomic E-state index is 11.9. The Labute approximate surface area is 130 Å². The molecule has 126 valence electrons. The summed E-state index contributed by atoms with van der Waals surface area (Å²) in [5, 5.41) is 0. The van der Waals surface area contributed by atoms with Gasteiger partial charge >= 0.3 is 13.3 Å². The summed E-state index contributed by atoms with van der Waals surface area (Å²) < 4.78 is 16.5. The third kappa shape index (κ3) is 5.51. The Balaban J connectivity index is 0.00000264. The summed E-state index contributed by atoms with van der Waals surface area (Å²) in [6.07, 6.45) is 0.810. The molecule has 0 saturated carbocycles. The van der Waals surface area contributed by atoms with Gasteiger partial charge in [0.25, 0.3) is 0 Å². The third-order valence-electron chi connectivity index (χ3n) is 2.54. The van der Waals surface area contributed by atoms with Gasteiger partial charge < -0.3 is 26.4 Å². The van der Waals surface area contributed by atoms with E-state index in [9.17, 15) is 9.36 Å². The van der Waals surface area contributed by atoms with E-state index in [-0.39, 0.29) is 31.1 Å². The molecule has 0 spiro atoms. The van der Waals surface area contributed by atoms with Crippen molar-refractivity contribution in [1.29, 1.82) is 0 Å². The lowest BCUT2D eigenvalue weighted by Crippen LogP contribution is -2.29. The highest BCUT2D eigenvalue weighted by molar-refractivity contribution is 7.51. The zero-order valence-electron chi connectivity index (χ0n) is 12.1. The Morgan fingerprint density at radius 1 is 1.30 bits per heavy atom. The van der Waals surface area contributed by atoms with Crippen LogP contribution in [0.25, 0.3) is 11.5 Å². The lowest BCUT2D eigenvalue weighted by molar-refractivity contribution is 0.148. The van der Waals surface area contributed by atoms with Crippen LogP contribution in [0.3, 0.4) is 0 Å². The quantitative estimate of drug-likeness (QED) is 0.396. The second-order valence-electron chi connectivity index (χ2n) is 4.26. The van der Waals surface area contributed by atoms with Gasteiger partial charge in [-0.2, -0.15) is 9.97 Å². The Bertz CT molecular complexity index is 746. The lowest BCUT2D eigenvalue weighted by atomic mass is 10.3. The largest absolute Gasteiger partial charge is 0.369 e. The smallest absolute Gasteiger partial charge is 0.352 e. The number of pyridine rings is 1. The third-order valence-corrected chi connectivity index (χ3v) is 3.06. The van der Waals surface area contributed by atoms with Gasteiger partial charge in [-0.25, -0.2) is 4.79 Å². The minimum Gasteiger partial charge on any atom is -0.369 e. The SMILES string of the molecule is N.Nc1nc(-c2ccccn2)nc(=O)n1CCOCP(=O)(O)O. The fraction of sp³-hybridized carbons (Fsp3) is 0.273. The van der Waals surface area contributed by atoms with Crippen molar-refractivity contribution >= 4 is 13.5 Å². The maximum atomic E-state index is 11.9. The highest BCUT2D eigenvalue weighted by atomic mass is 31.2. The summed E-state index contributed by atoms with van der Waals surface area (Å²) in [5.74, 6) is 0.0240. The van der Waals surface area contributed by atoms with Gasteiger partial charge in [0, 0.05) is 6.20 Å². The number of ether oxygens (including phenoxy) is 1. The number of hydrogen-bond donors (Lipinski definition) is 4. The Kier molecular flexibility index (Phi) is 6.49. The first-order valence-corrected chi connectivity index (χ1v) is 7.94. The molecule has 0 atom stereocenters. The van der Waals surface area contributed by atoms with Gasteiger partial charge in [-0.3, -0.25) is 14.1 Å². The summed E-state index contributed by atoms with van der Waals surface area (Å²) in [4.78, 5) is 41.0. The van der Waals surface area contributed by atoms with Crippen LogP contribution in [-0.4, -0.2) is 42.3 Å². The molecule has 2 aromatic heterocycles. The van der Waals surface area contributed by atoms with Crippen molar-refractivity contribution in [3.05, 3.63) is 34.9 Å². The minimum atomic E-state index is -4.24. The van der Waals surface area contributed by atoms with Crippen molar-refractivity contribution in [2.75, 3.05) is 18.7 Å². The number of nitrogens with two attached hydrogens (primary N) is 1. The number of nitrogen functional groups attached to an aromatic ring is 1. The van der Waals surface area contributed by atoms with Gasteiger partial charge in [-0.15, -0.1) is 0 Å². The second kappa shape index (κ2) is 7.90. The van der Waals surface area contributed by atoms with Gasteiger partial charge in [-0.1, -0.05) is 6.07 Å². The monoisotopic (exact) mass is 344 g/mol. The number of anilines is 1. The van der Waals surface area contributed by atoms with Gasteiger partial charge in [0.1, 0.15) is 12.0 Å². The van der Waals surface area contributed by atoms with Crippen molar-refractivity contribution in [3.63, 3.8) is 0 Å². The van der Waals surface area contributed by atoms with E-state index >= 15 is 0 Å². The highest BCUT2D eigenvalue weighted by Gasteiger charge is 2.13. The summed E-state index contributed by atoms with van der Waals surface area (Å²) in [6, 6.07) is 5.08. The van der Waals surface area contributed by atoms with Gasteiger partial charge in [0.2, 0.25) is 5.95 Å². The Morgan fingerprint density at radius 2 is 2.04 bits per heavy atom. The molecule has 0 bridgehead atoms. The molecule has 12 heteroatoms. The van der Waals surface area contributed by atoms with Gasteiger partial charge in [0.05, 0.1) is 13.2 Å². The van der Waals surface area contributed by atoms with Crippen LogP contribution in [0.15, 0.2) is 29.2 Å². The molecule has 0 aliphatic carbocycles. The standard InChI is InChI=1S/C11H14N5O5P.H3N/c12-10-14-9(8-3-1-2-4-13-8)15-11(17)16(10)5-6-21-7-22(18,19)20;/h1-4H,5-7H2,(H2,18,19,20)(H2,12,14,15,17);1H3. The van der Waals surface area contributed by atoms with Crippen LogP contribution in [0, 0.1) is 0 Å². The molecule has 2 heterocycles. The van der Waals surface area contributed by atoms with Crippen LogP contribution in [0.2, 0.25) is 0 Å². The Hall–Kier alpha value is -2.17. The molecule has 0 aliphatic rings. The van der Waals surface area contributed by atoms with Crippen molar-refractivity contribution in [2.24, 2.45) is 0 Å². The van der Waals surface area contributed by atoms with E-state index in [0.29, 0.717) is 5.69 Å². The first-order valence-electron chi connectivity index (χ1n) is 6.15. The number of nitrogens with zero attached hydrogens (tertiary/aromatic N) is 4. The number of hydrogen-bond acceptors (Lipinski definition) is 8. The van der Waals surface area contributed by atoms with Crippen LogP contribution in [0.1, 0.15) is 0 Å². The highest BCUT2D eigenvalue weighted by Crippen LogP contribution is 2.33. The number of aromatic nitrogens is 4. The zero-order chi connectivity index (χ0) is 16.2. The Morgan fingerprint density at radius 3 is 2.61 bits per heavy atom. The summed E-state index contributed by atoms with van der Waals surface area (Å²) in [5.41, 5.74) is 5.47. The van der Waals surface area contributed by atoms with Crippen LogP contribution in [0.5, 0.6) is 0 Å². The second-order valence-corrected chi connectivity index (χ2v) is 5.84. The molecule has 7 N–H and O–H groups in total. The molecule has 0 saturated heterocycles. The van der Waals surface area contributed by atoms with Crippen LogP contribution < -0.4 is 17.6 Å². The lowest BCUT2D eigenvalue weighted by Gasteiger charge is -2.10. The van der Waals surface area contributed by atoms with Crippen molar-refractivity contribution in [1.82, 2.24) is 25.7 Å². The predicted octanol–water partition coefficient (Wildman–Crippen LogP) is -0.404. The predicted molar refractivity (Wildman–Crippen MR) is 81.8 cm³/mol. The fourth-order valence-electron chi connectivity index (χ4n) is 1.60. The summed E-state index contributed by atoms with van der Waals surface area (Å²) >= 11 is 0. The molecule has 11 nitrogen and oxygen atoms in total. The molecular weight excluding hydrogens is 327 g/mol. The minimum absolute atomic E-state index is 0. The molecule has 23 heavy (non-hydrogen) atoms. The molecule has 0 amide bonds. The molecule has 2 aromatic rings. The van der Waals surface area contributed by atoms with Crippen molar-refractivity contribution in [2.45, 2.75) is 6.54 Å². The molecule has 0 fully saturated rings. The molecular formula is C11H17N6O5P. The van der Waals surface area contributed by atoms with Gasteiger partial charge in [-0.05, 0) is 12.1 Å². The average molecular weight is 344 g/mol. The molecule has 0 radical (unpaired) electrons. The van der Waals surface area contributed by atoms with Gasteiger partial charge in [0.15, 0.2) is 5.82 Å². The van der Waals surface area contributed by atoms with E-state index in [0.717, 1.165) is 4.57 Å². The maximum Gasteiger partial charge on any atom is 0.352 e. The van der Waals surface area contributed by atoms with Crippen LogP contribution in [-0.2, 0) is 15.8 Å². The topological polar surface area (TPSA) is 188 Å². The van der Waals surface area contributed by atoms with Crippen LogP contribution >= 0.6 is 7.60 Å². The van der Waals surface area contributed by atoms with E-state index in [1.165, 1.54) is 6.20 Å². The van der Waals surface area contributed by atoms with E-state index in [2.05, 4.69) is 15.0 Å². The van der Waals surface area contributed by atoms with E-state index in [1.54, 1.807) is 18.2 Å². The zero-order valence-corrected chi connectivity index (χ0v) is 13.0. The first kappa shape index (κ1) is 18.9. The van der Waals surface area contributed by atoms with E-state index in [1.807, 2.05) is 0 Å².